The van der Waals surface area contributed by atoms with Crippen LogP contribution in [0.15, 0.2) is 36.4 Å². The van der Waals surface area contributed by atoms with Crippen LogP contribution in [0.25, 0.3) is 0 Å². The van der Waals surface area contributed by atoms with E-state index in [1.807, 2.05) is 24.3 Å². The zero-order valence-electron chi connectivity index (χ0n) is 15.3. The van der Waals surface area contributed by atoms with Crippen LogP contribution in [-0.2, 0) is 30.3 Å². The van der Waals surface area contributed by atoms with Crippen LogP contribution in [0.2, 0.25) is 0 Å². The van der Waals surface area contributed by atoms with E-state index in [0.29, 0.717) is 5.92 Å². The van der Waals surface area contributed by atoms with Gasteiger partial charge < -0.3 is 9.47 Å². The first-order valence-electron chi connectivity index (χ1n) is 8.36. The molecule has 0 saturated heterocycles. The molecule has 0 fully saturated rings. The van der Waals surface area contributed by atoms with E-state index in [-0.39, 0.29) is 18.6 Å². The summed E-state index contributed by atoms with van der Waals surface area (Å²) in [6, 6.07) is 7.72. The molecule has 25 heavy (non-hydrogen) atoms. The molecule has 0 aliphatic rings. The molecule has 0 aliphatic carbocycles. The molecule has 1 rings (SSSR count). The lowest BCUT2D eigenvalue weighted by Gasteiger charge is -2.12. The summed E-state index contributed by atoms with van der Waals surface area (Å²) in [6.07, 6.45) is 0.797. The molecule has 0 aliphatic heterocycles. The molecular weight excluding hydrogens is 320 g/mol. The van der Waals surface area contributed by atoms with Gasteiger partial charge in [0.05, 0.1) is 12.3 Å². The van der Waals surface area contributed by atoms with E-state index >= 15 is 0 Å². The molecule has 0 spiro atoms. The van der Waals surface area contributed by atoms with Gasteiger partial charge in [0.2, 0.25) is 0 Å². The van der Waals surface area contributed by atoms with Gasteiger partial charge in [-0.1, -0.05) is 44.7 Å². The smallest absolute Gasteiger partial charge is 0.333 e. The highest BCUT2D eigenvalue weighted by Crippen LogP contribution is 2.19. The molecule has 0 N–H and O–H groups in total. The number of benzene rings is 1. The fraction of sp³-hybridized carbons (Fsp3) is 0.450. The van der Waals surface area contributed by atoms with Crippen molar-refractivity contribution in [2.45, 2.75) is 46.5 Å². The van der Waals surface area contributed by atoms with Gasteiger partial charge in [0.15, 0.2) is 0 Å². The third-order valence-electron chi connectivity index (χ3n) is 3.58. The lowest BCUT2D eigenvalue weighted by atomic mass is 9.97. The molecule has 0 saturated carbocycles. The fourth-order valence-corrected chi connectivity index (χ4v) is 2.15. The summed E-state index contributed by atoms with van der Waals surface area (Å²) in [7, 11) is 0. The van der Waals surface area contributed by atoms with Crippen molar-refractivity contribution in [1.29, 1.82) is 0 Å². The van der Waals surface area contributed by atoms with Gasteiger partial charge in [0, 0.05) is 5.57 Å². The molecule has 0 radical (unpaired) electrons. The largest absolute Gasteiger partial charge is 0.462 e. The van der Waals surface area contributed by atoms with E-state index in [0.717, 1.165) is 12.0 Å². The Morgan fingerprint density at radius 3 is 2.20 bits per heavy atom. The van der Waals surface area contributed by atoms with Crippen LogP contribution in [0, 0.1) is 5.92 Å². The first-order chi connectivity index (χ1) is 11.7. The average molecular weight is 346 g/mol. The van der Waals surface area contributed by atoms with Crippen molar-refractivity contribution in [3.63, 3.8) is 0 Å². The molecule has 136 valence electrons. The van der Waals surface area contributed by atoms with Gasteiger partial charge in [-0.25, -0.2) is 4.79 Å². The van der Waals surface area contributed by atoms with E-state index in [1.165, 1.54) is 12.5 Å². The summed E-state index contributed by atoms with van der Waals surface area (Å²) < 4.78 is 9.61. The number of carbonyl (C=O) groups is 3. The van der Waals surface area contributed by atoms with Gasteiger partial charge in [0.25, 0.3) is 0 Å². The predicted molar refractivity (Wildman–Crippen MR) is 94.9 cm³/mol. The quantitative estimate of drug-likeness (QED) is 0.409. The average Bonchev–Trinajstić information content (AvgIpc) is 2.54. The number of ether oxygens (including phenoxy) is 2. The van der Waals surface area contributed by atoms with Crippen molar-refractivity contribution in [3.8, 4) is 0 Å². The van der Waals surface area contributed by atoms with E-state index in [9.17, 15) is 14.4 Å². The zero-order chi connectivity index (χ0) is 19.0. The first kappa shape index (κ1) is 20.6. The highest BCUT2D eigenvalue weighted by Gasteiger charge is 2.20. The summed E-state index contributed by atoms with van der Waals surface area (Å²) in [5.74, 6) is -1.90. The lowest BCUT2D eigenvalue weighted by molar-refractivity contribution is -0.161. The third-order valence-corrected chi connectivity index (χ3v) is 3.58. The van der Waals surface area contributed by atoms with Crippen molar-refractivity contribution >= 4 is 17.9 Å². The molecule has 0 bridgehead atoms. The second kappa shape index (κ2) is 9.77. The third kappa shape index (κ3) is 7.33. The monoisotopic (exact) mass is 346 g/mol. The van der Waals surface area contributed by atoms with Gasteiger partial charge in [-0.15, -0.1) is 0 Å². The minimum atomic E-state index is -0.720. The van der Waals surface area contributed by atoms with Gasteiger partial charge in [-0.05, 0) is 37.3 Å². The molecule has 0 aromatic heterocycles. The summed E-state index contributed by atoms with van der Waals surface area (Å²) in [5, 5.41) is 0. The Hall–Kier alpha value is -2.43. The van der Waals surface area contributed by atoms with Gasteiger partial charge in [0.1, 0.15) is 6.61 Å². The van der Waals surface area contributed by atoms with E-state index in [2.05, 4.69) is 20.4 Å². The number of esters is 3. The molecule has 1 atom stereocenters. The molecule has 5 heteroatoms. The highest BCUT2D eigenvalue weighted by atomic mass is 16.6. The van der Waals surface area contributed by atoms with E-state index in [1.54, 1.807) is 6.92 Å². The zero-order valence-corrected chi connectivity index (χ0v) is 15.3. The van der Waals surface area contributed by atoms with Crippen LogP contribution in [0.1, 0.15) is 51.2 Å². The van der Waals surface area contributed by atoms with Crippen molar-refractivity contribution in [1.82, 2.24) is 0 Å². The summed E-state index contributed by atoms with van der Waals surface area (Å²) >= 11 is 0. The normalized spacial score (nSPS) is 11.7. The van der Waals surface area contributed by atoms with Crippen LogP contribution in [0.3, 0.4) is 0 Å². The lowest BCUT2D eigenvalue weighted by Crippen LogP contribution is -2.19. The van der Waals surface area contributed by atoms with Crippen molar-refractivity contribution in [3.05, 3.63) is 47.5 Å². The molecule has 1 unspecified atom stereocenters. The molecule has 1 aromatic rings. The minimum Gasteiger partial charge on any atom is -0.462 e. The number of hydrogen-bond acceptors (Lipinski definition) is 5. The Kier molecular flexibility index (Phi) is 8.05. The van der Waals surface area contributed by atoms with Gasteiger partial charge in [-0.3, -0.25) is 9.59 Å². The predicted octanol–water partition coefficient (Wildman–Crippen LogP) is 3.57. The Balaban J connectivity index is 2.49. The van der Waals surface area contributed by atoms with Crippen LogP contribution in [-0.4, -0.2) is 24.5 Å². The van der Waals surface area contributed by atoms with Crippen LogP contribution < -0.4 is 0 Å². The number of hydrogen-bond donors (Lipinski definition) is 0. The maximum atomic E-state index is 12.1. The SMILES string of the molecule is C=C(C)C(=O)OCCC(=O)OC(=O)C(C)c1ccc(CC(C)C)cc1. The van der Waals surface area contributed by atoms with Crippen molar-refractivity contribution in [2.24, 2.45) is 5.92 Å². The number of rotatable bonds is 8. The van der Waals surface area contributed by atoms with Crippen molar-refractivity contribution < 1.29 is 23.9 Å². The minimum absolute atomic E-state index is 0.143. The molecule has 5 nitrogen and oxygen atoms in total. The Bertz CT molecular complexity index is 628. The summed E-state index contributed by atoms with van der Waals surface area (Å²) in [5.41, 5.74) is 2.24. The second-order valence-electron chi connectivity index (χ2n) is 6.52. The van der Waals surface area contributed by atoms with Gasteiger partial charge in [-0.2, -0.15) is 0 Å². The maximum absolute atomic E-state index is 12.1. The Morgan fingerprint density at radius 1 is 1.08 bits per heavy atom. The molecular formula is C20H26O5. The van der Waals surface area contributed by atoms with E-state index < -0.39 is 23.8 Å². The van der Waals surface area contributed by atoms with Crippen LogP contribution in [0.5, 0.6) is 0 Å². The standard InChI is InChI=1S/C20H26O5/c1-13(2)12-16-6-8-17(9-7-16)15(5)20(23)25-18(21)10-11-24-19(22)14(3)4/h6-9,13,15H,3,10-12H2,1-2,4-5H3. The molecule has 1 aromatic carbocycles. The Labute approximate surface area is 149 Å². The highest BCUT2D eigenvalue weighted by molar-refractivity contribution is 5.90. The van der Waals surface area contributed by atoms with Crippen LogP contribution >= 0.6 is 0 Å². The van der Waals surface area contributed by atoms with Gasteiger partial charge >= 0.3 is 17.9 Å². The number of carbonyl (C=O) groups excluding carboxylic acids is 3. The molecule has 0 heterocycles. The van der Waals surface area contributed by atoms with E-state index in [4.69, 9.17) is 9.47 Å². The van der Waals surface area contributed by atoms with Crippen LogP contribution in [0.4, 0.5) is 0 Å². The Morgan fingerprint density at radius 2 is 1.68 bits per heavy atom. The fourth-order valence-electron chi connectivity index (χ4n) is 2.15. The topological polar surface area (TPSA) is 69.7 Å². The second-order valence-corrected chi connectivity index (χ2v) is 6.52. The summed E-state index contributed by atoms with van der Waals surface area (Å²) in [4.78, 5) is 34.9. The molecule has 0 amide bonds. The first-order valence-corrected chi connectivity index (χ1v) is 8.36. The summed E-state index contributed by atoms with van der Waals surface area (Å²) in [6.45, 7) is 10.8. The maximum Gasteiger partial charge on any atom is 0.333 e. The van der Waals surface area contributed by atoms with Crippen molar-refractivity contribution in [2.75, 3.05) is 6.61 Å².